The molecule has 0 fully saturated rings. The lowest BCUT2D eigenvalue weighted by Crippen LogP contribution is -2.39. The van der Waals surface area contributed by atoms with Crippen molar-refractivity contribution >= 4 is 44.4 Å². The quantitative estimate of drug-likeness (QED) is 0.0912. The van der Waals surface area contributed by atoms with Crippen molar-refractivity contribution in [3.63, 3.8) is 0 Å². The molecule has 9 nitrogen and oxygen atoms in total. The number of benzene rings is 5. The highest BCUT2D eigenvalue weighted by Gasteiger charge is 2.41. The molecule has 7 aromatic rings. The number of carbonyl (C=O) groups is 1. The Kier molecular flexibility index (Phi) is 10.5. The Morgan fingerprint density at radius 2 is 1.45 bits per heavy atom. The second-order valence-electron chi connectivity index (χ2n) is 14.1. The number of carbonyl (C=O) groups excluding carboxylic acids is 1. The molecule has 0 aliphatic carbocycles. The molecule has 0 bridgehead atoms. The number of hydrogen-bond donors (Lipinski definition) is 1. The number of unbranched alkanes of at least 4 members (excludes halogenated alkanes) is 1. The minimum absolute atomic E-state index is 0.0213. The lowest BCUT2D eigenvalue weighted by molar-refractivity contribution is -0.117. The molecular weight excluding hydrogens is 786 g/mol. The van der Waals surface area contributed by atoms with E-state index in [-0.39, 0.29) is 12.6 Å². The maximum absolute atomic E-state index is 12.1. The molecule has 1 atom stereocenters. The number of amides is 1. The van der Waals surface area contributed by atoms with Gasteiger partial charge in [0, 0.05) is 30.1 Å². The van der Waals surface area contributed by atoms with E-state index in [1.165, 1.54) is 0 Å². The number of primary amides is 1. The normalized spacial score (nSPS) is 14.6. The molecule has 2 N–H and O–H groups in total. The van der Waals surface area contributed by atoms with E-state index < -0.39 is 11.4 Å². The maximum Gasteiger partial charge on any atom is 0.223 e. The minimum atomic E-state index is -0.906. The zero-order valence-corrected chi connectivity index (χ0v) is 33.5. The smallest absolute Gasteiger partial charge is 0.223 e. The van der Waals surface area contributed by atoms with E-state index in [9.17, 15) is 4.79 Å². The van der Waals surface area contributed by atoms with E-state index in [1.807, 2.05) is 96.9 Å². The molecule has 0 saturated carbocycles. The predicted octanol–water partition coefficient (Wildman–Crippen LogP) is 9.90. The van der Waals surface area contributed by atoms with Crippen LogP contribution in [0, 0.1) is 0 Å². The van der Waals surface area contributed by atoms with Crippen molar-refractivity contribution in [2.24, 2.45) is 5.73 Å². The first-order valence-corrected chi connectivity index (χ1v) is 19.9. The molecule has 56 heavy (non-hydrogen) atoms. The average molecular weight is 827 g/mol. The van der Waals surface area contributed by atoms with Gasteiger partial charge in [0.25, 0.3) is 0 Å². The lowest BCUT2D eigenvalue weighted by atomic mass is 9.77. The van der Waals surface area contributed by atoms with Crippen molar-refractivity contribution in [1.82, 2.24) is 30.0 Å². The van der Waals surface area contributed by atoms with Crippen LogP contribution in [0.3, 0.4) is 0 Å². The summed E-state index contributed by atoms with van der Waals surface area (Å²) in [6.07, 6.45) is 3.09. The molecule has 11 heteroatoms. The highest BCUT2D eigenvalue weighted by Crippen LogP contribution is 2.44. The van der Waals surface area contributed by atoms with Crippen LogP contribution in [0.4, 0.5) is 0 Å². The monoisotopic (exact) mass is 825 g/mol. The molecule has 1 amide bonds. The summed E-state index contributed by atoms with van der Waals surface area (Å²) >= 11 is 10.7. The second-order valence-corrected chi connectivity index (χ2v) is 15.2. The Balaban J connectivity index is 1.19. The summed E-state index contributed by atoms with van der Waals surface area (Å²) in [4.78, 5) is 18.1. The van der Waals surface area contributed by atoms with Gasteiger partial charge in [0.05, 0.1) is 16.6 Å². The summed E-state index contributed by atoms with van der Waals surface area (Å²) in [5.74, 6) is 0.704. The fraction of sp³-hybridized carbons (Fsp3) is 0.200. The van der Waals surface area contributed by atoms with E-state index >= 15 is 0 Å². The summed E-state index contributed by atoms with van der Waals surface area (Å²) in [7, 11) is 1.97. The topological polar surface area (TPSA) is 106 Å². The molecule has 1 unspecified atom stereocenters. The third-order valence-corrected chi connectivity index (χ3v) is 11.9. The summed E-state index contributed by atoms with van der Waals surface area (Å²) < 4.78 is 7.41. The Morgan fingerprint density at radius 1 is 0.857 bits per heavy atom. The van der Waals surface area contributed by atoms with Crippen LogP contribution in [0.2, 0.25) is 0 Å². The van der Waals surface area contributed by atoms with Gasteiger partial charge in [-0.25, -0.2) is 0 Å². The lowest BCUT2D eigenvalue weighted by Gasteiger charge is -2.34. The van der Waals surface area contributed by atoms with Crippen molar-refractivity contribution < 1.29 is 9.21 Å². The predicted molar refractivity (Wildman–Crippen MR) is 224 cm³/mol. The molecule has 3 heterocycles. The van der Waals surface area contributed by atoms with Gasteiger partial charge in [-0.15, -0.1) is 15.0 Å². The van der Waals surface area contributed by atoms with Gasteiger partial charge in [0.2, 0.25) is 11.7 Å². The number of nitrogens with zero attached hydrogens (tertiary/aromatic N) is 6. The number of rotatable bonds is 13. The average Bonchev–Trinajstić information content (AvgIpc) is 3.91. The van der Waals surface area contributed by atoms with E-state index in [4.69, 9.17) is 37.2 Å². The number of furan rings is 1. The molecule has 0 radical (unpaired) electrons. The third kappa shape index (κ3) is 6.67. The van der Waals surface area contributed by atoms with Gasteiger partial charge < -0.3 is 20.0 Å². The SMILES string of the molecule is CCCCC1N(C)C(Cl)=C(CC(N)=O)N1Cc1ccc2oc(-c3ccccc3-c3nnn(C(c4ccccc4)(c4ccccc4)c4ccccc4)n3)c(Br)c2c1. The number of nitrogens with two attached hydrogens (primary N) is 1. The highest BCUT2D eigenvalue weighted by atomic mass is 79.9. The minimum Gasteiger partial charge on any atom is -0.455 e. The summed E-state index contributed by atoms with van der Waals surface area (Å²) in [6.45, 7) is 2.72. The number of fused-ring (bicyclic) bond motifs is 1. The number of halogens is 2. The Morgan fingerprint density at radius 3 is 2.04 bits per heavy atom. The molecule has 0 saturated heterocycles. The molecular formula is C45H41BrClN7O2. The summed E-state index contributed by atoms with van der Waals surface area (Å²) in [5, 5.41) is 16.2. The Bertz CT molecular complexity index is 2420. The third-order valence-electron chi connectivity index (χ3n) is 10.6. The van der Waals surface area contributed by atoms with Crippen LogP contribution in [0.5, 0.6) is 0 Å². The van der Waals surface area contributed by atoms with Crippen LogP contribution >= 0.6 is 27.5 Å². The molecule has 1 aliphatic heterocycles. The van der Waals surface area contributed by atoms with E-state index in [0.717, 1.165) is 73.8 Å². The van der Waals surface area contributed by atoms with Gasteiger partial charge in [-0.05, 0) is 68.4 Å². The molecule has 8 rings (SSSR count). The molecule has 282 valence electrons. The number of aromatic nitrogens is 4. The first-order chi connectivity index (χ1) is 27.3. The first kappa shape index (κ1) is 37.2. The van der Waals surface area contributed by atoms with Crippen LogP contribution in [0.15, 0.2) is 153 Å². The van der Waals surface area contributed by atoms with E-state index in [1.54, 1.807) is 4.80 Å². The van der Waals surface area contributed by atoms with Crippen molar-refractivity contribution in [3.8, 4) is 22.7 Å². The van der Waals surface area contributed by atoms with E-state index in [0.29, 0.717) is 23.3 Å². The summed E-state index contributed by atoms with van der Waals surface area (Å²) in [6, 6.07) is 45.0. The first-order valence-electron chi connectivity index (χ1n) is 18.8. The largest absolute Gasteiger partial charge is 0.455 e. The maximum atomic E-state index is 12.1. The number of hydrogen-bond acceptors (Lipinski definition) is 7. The van der Waals surface area contributed by atoms with Crippen LogP contribution in [-0.2, 0) is 16.9 Å². The molecule has 0 spiro atoms. The van der Waals surface area contributed by atoms with Crippen molar-refractivity contribution in [1.29, 1.82) is 0 Å². The Hall–Kier alpha value is -5.71. The van der Waals surface area contributed by atoms with Gasteiger partial charge in [-0.2, -0.15) is 0 Å². The zero-order chi connectivity index (χ0) is 38.8. The van der Waals surface area contributed by atoms with Crippen LogP contribution in [0.1, 0.15) is 54.9 Å². The molecule has 1 aliphatic rings. The van der Waals surface area contributed by atoms with Gasteiger partial charge in [-0.1, -0.05) is 146 Å². The number of tetrazole rings is 1. The summed E-state index contributed by atoms with van der Waals surface area (Å²) in [5.41, 5.74) is 11.9. The van der Waals surface area contributed by atoms with Crippen molar-refractivity contribution in [3.05, 3.63) is 171 Å². The van der Waals surface area contributed by atoms with Gasteiger partial charge in [0.1, 0.15) is 22.7 Å². The second kappa shape index (κ2) is 15.8. The van der Waals surface area contributed by atoms with Gasteiger partial charge >= 0.3 is 0 Å². The highest BCUT2D eigenvalue weighted by molar-refractivity contribution is 9.10. The van der Waals surface area contributed by atoms with Gasteiger partial charge in [0.15, 0.2) is 5.54 Å². The fourth-order valence-electron chi connectivity index (χ4n) is 7.93. The van der Waals surface area contributed by atoms with Gasteiger partial charge in [-0.3, -0.25) is 4.79 Å². The van der Waals surface area contributed by atoms with Crippen LogP contribution in [-0.4, -0.2) is 49.1 Å². The standard InChI is InChI=1S/C45H41BrClN7O2/c1-3-4-24-40-52(2)43(47)37(28-39(48)55)53(40)29-30-25-26-38-36(27-30)41(46)42(56-38)34-22-14-15-23-35(34)44-49-51-54(50-44)45(31-16-8-5-9-17-31,32-18-10-6-11-19-32)33-20-12-7-13-21-33/h5-23,25-27,40H,3-4,24,28-29H2,1-2H3,(H2,48,55). The van der Waals surface area contributed by atoms with E-state index in [2.05, 4.69) is 76.3 Å². The molecule has 5 aromatic carbocycles. The van der Waals surface area contributed by atoms with Crippen LogP contribution < -0.4 is 5.73 Å². The zero-order valence-electron chi connectivity index (χ0n) is 31.1. The van der Waals surface area contributed by atoms with Crippen molar-refractivity contribution in [2.45, 2.75) is 50.9 Å². The Labute approximate surface area is 339 Å². The fourth-order valence-corrected chi connectivity index (χ4v) is 8.82. The molecule has 2 aromatic heterocycles. The van der Waals surface area contributed by atoms with Crippen molar-refractivity contribution in [2.75, 3.05) is 7.05 Å². The van der Waals surface area contributed by atoms with Crippen LogP contribution in [0.25, 0.3) is 33.7 Å².